The summed E-state index contributed by atoms with van der Waals surface area (Å²) < 4.78 is 0. The van der Waals surface area contributed by atoms with Crippen molar-refractivity contribution < 1.29 is 4.79 Å². The smallest absolute Gasteiger partial charge is 0.257 e. The summed E-state index contributed by atoms with van der Waals surface area (Å²) in [6.07, 6.45) is 4.97. The molecule has 0 unspecified atom stereocenters. The molecule has 0 atom stereocenters. The van der Waals surface area contributed by atoms with Gasteiger partial charge in [0.25, 0.3) is 5.91 Å². The van der Waals surface area contributed by atoms with Crippen LogP contribution in [-0.4, -0.2) is 15.9 Å². The van der Waals surface area contributed by atoms with Crippen molar-refractivity contribution >= 4 is 40.6 Å². The standard InChI is InChI=1S/C18H14Cl2N4O/c19-14-2-1-3-15(17(14)20)24-18(25)13-4-5-16(23-11-13)22-10-12-6-8-21-9-7-12/h1-9,11H,10H2,(H,22,23)(H,24,25). The van der Waals surface area contributed by atoms with Gasteiger partial charge in [0.05, 0.1) is 21.3 Å². The van der Waals surface area contributed by atoms with Gasteiger partial charge in [-0.2, -0.15) is 0 Å². The molecule has 2 N–H and O–H groups in total. The minimum absolute atomic E-state index is 0.307. The molecular formula is C18H14Cl2N4O. The maximum atomic E-state index is 12.3. The average molecular weight is 373 g/mol. The van der Waals surface area contributed by atoms with Crippen LogP contribution in [0.15, 0.2) is 61.1 Å². The van der Waals surface area contributed by atoms with Crippen LogP contribution in [0.4, 0.5) is 11.5 Å². The normalized spacial score (nSPS) is 10.3. The van der Waals surface area contributed by atoms with Crippen molar-refractivity contribution in [1.82, 2.24) is 9.97 Å². The molecule has 0 radical (unpaired) electrons. The van der Waals surface area contributed by atoms with E-state index in [0.717, 1.165) is 5.56 Å². The van der Waals surface area contributed by atoms with E-state index in [-0.39, 0.29) is 5.91 Å². The molecule has 3 rings (SSSR count). The summed E-state index contributed by atoms with van der Waals surface area (Å²) in [7, 11) is 0. The van der Waals surface area contributed by atoms with Crippen LogP contribution in [-0.2, 0) is 6.54 Å². The van der Waals surface area contributed by atoms with E-state index in [9.17, 15) is 4.79 Å². The Morgan fingerprint density at radius 1 is 1.04 bits per heavy atom. The molecule has 0 spiro atoms. The Morgan fingerprint density at radius 3 is 2.56 bits per heavy atom. The molecule has 0 aliphatic carbocycles. The number of carbonyl (C=O) groups is 1. The van der Waals surface area contributed by atoms with Gasteiger partial charge in [0.2, 0.25) is 0 Å². The van der Waals surface area contributed by atoms with Crippen LogP contribution >= 0.6 is 23.2 Å². The van der Waals surface area contributed by atoms with E-state index >= 15 is 0 Å². The zero-order chi connectivity index (χ0) is 17.6. The lowest BCUT2D eigenvalue weighted by Crippen LogP contribution is -2.13. The molecule has 1 amide bonds. The third-order valence-corrected chi connectivity index (χ3v) is 4.27. The lowest BCUT2D eigenvalue weighted by atomic mass is 10.2. The zero-order valence-corrected chi connectivity index (χ0v) is 14.6. The molecule has 0 aliphatic rings. The van der Waals surface area contributed by atoms with Gasteiger partial charge in [-0.25, -0.2) is 4.98 Å². The quantitative estimate of drug-likeness (QED) is 0.683. The molecular weight excluding hydrogens is 359 g/mol. The number of nitrogens with zero attached hydrogens (tertiary/aromatic N) is 2. The van der Waals surface area contributed by atoms with E-state index in [1.807, 2.05) is 12.1 Å². The first kappa shape index (κ1) is 17.2. The van der Waals surface area contributed by atoms with Gasteiger partial charge in [0.1, 0.15) is 5.82 Å². The third-order valence-electron chi connectivity index (χ3n) is 3.45. The number of benzene rings is 1. The van der Waals surface area contributed by atoms with Gasteiger partial charge in [-0.15, -0.1) is 0 Å². The number of pyridine rings is 2. The van der Waals surface area contributed by atoms with E-state index in [4.69, 9.17) is 23.2 Å². The van der Waals surface area contributed by atoms with Gasteiger partial charge in [-0.1, -0.05) is 29.3 Å². The van der Waals surface area contributed by atoms with Crippen molar-refractivity contribution in [3.8, 4) is 0 Å². The fourth-order valence-corrected chi connectivity index (χ4v) is 2.47. The number of hydrogen-bond acceptors (Lipinski definition) is 4. The zero-order valence-electron chi connectivity index (χ0n) is 13.0. The van der Waals surface area contributed by atoms with Crippen LogP contribution in [0.3, 0.4) is 0 Å². The Morgan fingerprint density at radius 2 is 1.84 bits per heavy atom. The highest BCUT2D eigenvalue weighted by atomic mass is 35.5. The number of rotatable bonds is 5. The van der Waals surface area contributed by atoms with E-state index in [1.54, 1.807) is 42.7 Å². The number of aromatic nitrogens is 2. The molecule has 3 aromatic rings. The van der Waals surface area contributed by atoms with Gasteiger partial charge in [0, 0.05) is 25.1 Å². The summed E-state index contributed by atoms with van der Waals surface area (Å²) in [4.78, 5) is 20.5. The Kier molecular flexibility index (Phi) is 5.48. The predicted octanol–water partition coefficient (Wildman–Crippen LogP) is 4.65. The number of hydrogen-bond donors (Lipinski definition) is 2. The molecule has 2 aromatic heterocycles. The second kappa shape index (κ2) is 7.96. The second-order valence-electron chi connectivity index (χ2n) is 5.20. The highest BCUT2D eigenvalue weighted by Gasteiger charge is 2.10. The number of amides is 1. The first-order valence-corrected chi connectivity index (χ1v) is 8.23. The molecule has 0 fully saturated rings. The summed E-state index contributed by atoms with van der Waals surface area (Å²) in [5, 5.41) is 6.60. The van der Waals surface area contributed by atoms with Gasteiger partial charge < -0.3 is 10.6 Å². The monoisotopic (exact) mass is 372 g/mol. The predicted molar refractivity (Wildman–Crippen MR) is 100 cm³/mol. The van der Waals surface area contributed by atoms with Crippen LogP contribution in [0.25, 0.3) is 0 Å². The summed E-state index contributed by atoms with van der Waals surface area (Å²) >= 11 is 12.0. The average Bonchev–Trinajstić information content (AvgIpc) is 2.65. The summed E-state index contributed by atoms with van der Waals surface area (Å²) in [6.45, 7) is 0.624. The van der Waals surface area contributed by atoms with Crippen molar-refractivity contribution in [2.75, 3.05) is 10.6 Å². The van der Waals surface area contributed by atoms with Crippen molar-refractivity contribution in [3.05, 3.63) is 82.2 Å². The van der Waals surface area contributed by atoms with E-state index in [2.05, 4.69) is 20.6 Å². The topological polar surface area (TPSA) is 66.9 Å². The molecule has 0 saturated heterocycles. The van der Waals surface area contributed by atoms with Crippen LogP contribution in [0.1, 0.15) is 15.9 Å². The molecule has 126 valence electrons. The lowest BCUT2D eigenvalue weighted by molar-refractivity contribution is 0.102. The Bertz CT molecular complexity index is 870. The SMILES string of the molecule is O=C(Nc1cccc(Cl)c1Cl)c1ccc(NCc2ccncc2)nc1. The largest absolute Gasteiger partial charge is 0.366 e. The molecule has 0 bridgehead atoms. The summed E-state index contributed by atoms with van der Waals surface area (Å²) in [5.41, 5.74) is 1.97. The van der Waals surface area contributed by atoms with Crippen molar-refractivity contribution in [2.24, 2.45) is 0 Å². The molecule has 0 saturated carbocycles. The van der Waals surface area contributed by atoms with Gasteiger partial charge in [-0.05, 0) is 42.0 Å². The van der Waals surface area contributed by atoms with Crippen LogP contribution in [0.2, 0.25) is 10.0 Å². The van der Waals surface area contributed by atoms with E-state index in [1.165, 1.54) is 6.20 Å². The van der Waals surface area contributed by atoms with Crippen molar-refractivity contribution in [2.45, 2.75) is 6.54 Å². The number of halogens is 2. The fraction of sp³-hybridized carbons (Fsp3) is 0.0556. The lowest BCUT2D eigenvalue weighted by Gasteiger charge is -2.09. The van der Waals surface area contributed by atoms with Crippen LogP contribution < -0.4 is 10.6 Å². The summed E-state index contributed by atoms with van der Waals surface area (Å²) in [6, 6.07) is 12.3. The Balaban J connectivity index is 1.63. The van der Waals surface area contributed by atoms with Gasteiger partial charge in [0.15, 0.2) is 0 Å². The van der Waals surface area contributed by atoms with Crippen LogP contribution in [0.5, 0.6) is 0 Å². The Labute approximate surface area is 155 Å². The maximum Gasteiger partial charge on any atom is 0.257 e. The molecule has 25 heavy (non-hydrogen) atoms. The Hall–Kier alpha value is -2.63. The number of nitrogens with one attached hydrogen (secondary N) is 2. The number of anilines is 2. The molecule has 2 heterocycles. The first-order valence-electron chi connectivity index (χ1n) is 7.47. The maximum absolute atomic E-state index is 12.3. The van der Waals surface area contributed by atoms with Crippen molar-refractivity contribution in [1.29, 1.82) is 0 Å². The third kappa shape index (κ3) is 4.47. The molecule has 7 heteroatoms. The molecule has 0 aliphatic heterocycles. The molecule has 1 aromatic carbocycles. The first-order chi connectivity index (χ1) is 12.1. The highest BCUT2D eigenvalue weighted by Crippen LogP contribution is 2.29. The van der Waals surface area contributed by atoms with Gasteiger partial charge in [-0.3, -0.25) is 9.78 Å². The fourth-order valence-electron chi connectivity index (χ4n) is 2.12. The van der Waals surface area contributed by atoms with E-state index in [0.29, 0.717) is 33.7 Å². The van der Waals surface area contributed by atoms with Crippen molar-refractivity contribution in [3.63, 3.8) is 0 Å². The minimum atomic E-state index is -0.308. The second-order valence-corrected chi connectivity index (χ2v) is 5.98. The van der Waals surface area contributed by atoms with Gasteiger partial charge >= 0.3 is 0 Å². The number of carbonyl (C=O) groups excluding carboxylic acids is 1. The highest BCUT2D eigenvalue weighted by molar-refractivity contribution is 6.44. The van der Waals surface area contributed by atoms with E-state index < -0.39 is 0 Å². The molecule has 5 nitrogen and oxygen atoms in total. The minimum Gasteiger partial charge on any atom is -0.366 e. The van der Waals surface area contributed by atoms with Crippen LogP contribution in [0, 0.1) is 0 Å². The summed E-state index contributed by atoms with van der Waals surface area (Å²) in [5.74, 6) is 0.367.